The van der Waals surface area contributed by atoms with E-state index in [9.17, 15) is 4.79 Å². The van der Waals surface area contributed by atoms with E-state index >= 15 is 0 Å². The summed E-state index contributed by atoms with van der Waals surface area (Å²) in [5.74, 6) is 0.845. The van der Waals surface area contributed by atoms with Crippen LogP contribution in [0, 0.1) is 0 Å². The SMILES string of the molecule is COc1ccc(C(=O)c2ccsc2)c2ccccc12. The molecule has 94 valence electrons. The van der Waals surface area contributed by atoms with E-state index in [2.05, 4.69) is 0 Å². The first-order valence-electron chi connectivity index (χ1n) is 5.94. The molecule has 0 N–H and O–H groups in total. The van der Waals surface area contributed by atoms with Crippen molar-refractivity contribution in [2.45, 2.75) is 0 Å². The summed E-state index contributed by atoms with van der Waals surface area (Å²) in [6, 6.07) is 13.3. The van der Waals surface area contributed by atoms with E-state index in [-0.39, 0.29) is 5.78 Å². The van der Waals surface area contributed by atoms with Crippen LogP contribution in [0.3, 0.4) is 0 Å². The van der Waals surface area contributed by atoms with Gasteiger partial charge in [0.15, 0.2) is 5.78 Å². The van der Waals surface area contributed by atoms with Gasteiger partial charge < -0.3 is 4.74 Å². The Bertz CT molecular complexity index is 730. The van der Waals surface area contributed by atoms with Crippen molar-refractivity contribution >= 4 is 27.9 Å². The minimum Gasteiger partial charge on any atom is -0.496 e. The van der Waals surface area contributed by atoms with Gasteiger partial charge in [-0.3, -0.25) is 4.79 Å². The third kappa shape index (κ3) is 2.02. The average molecular weight is 268 g/mol. The molecule has 3 heteroatoms. The Morgan fingerprint density at radius 2 is 1.84 bits per heavy atom. The van der Waals surface area contributed by atoms with Gasteiger partial charge in [-0.1, -0.05) is 24.3 Å². The van der Waals surface area contributed by atoms with E-state index in [0.29, 0.717) is 0 Å². The van der Waals surface area contributed by atoms with Gasteiger partial charge in [0, 0.05) is 21.9 Å². The van der Waals surface area contributed by atoms with Crippen molar-refractivity contribution in [2.24, 2.45) is 0 Å². The van der Waals surface area contributed by atoms with E-state index in [1.165, 1.54) is 11.3 Å². The van der Waals surface area contributed by atoms with E-state index in [0.717, 1.165) is 27.6 Å². The Morgan fingerprint density at radius 3 is 2.53 bits per heavy atom. The van der Waals surface area contributed by atoms with Crippen LogP contribution in [-0.4, -0.2) is 12.9 Å². The van der Waals surface area contributed by atoms with Crippen molar-refractivity contribution in [1.29, 1.82) is 0 Å². The van der Waals surface area contributed by atoms with Crippen LogP contribution in [0.15, 0.2) is 53.2 Å². The molecule has 0 amide bonds. The highest BCUT2D eigenvalue weighted by molar-refractivity contribution is 7.08. The minimum atomic E-state index is 0.0557. The summed E-state index contributed by atoms with van der Waals surface area (Å²) in [5.41, 5.74) is 1.45. The zero-order valence-corrected chi connectivity index (χ0v) is 11.2. The summed E-state index contributed by atoms with van der Waals surface area (Å²) in [6.07, 6.45) is 0. The number of fused-ring (bicyclic) bond motifs is 1. The molecular formula is C16H12O2S. The topological polar surface area (TPSA) is 26.3 Å². The quantitative estimate of drug-likeness (QED) is 0.667. The van der Waals surface area contributed by atoms with Gasteiger partial charge in [0.25, 0.3) is 0 Å². The lowest BCUT2D eigenvalue weighted by Gasteiger charge is -2.09. The summed E-state index contributed by atoms with van der Waals surface area (Å²) in [5, 5.41) is 5.68. The number of ether oxygens (including phenoxy) is 1. The fraction of sp³-hybridized carbons (Fsp3) is 0.0625. The highest BCUT2D eigenvalue weighted by Gasteiger charge is 2.14. The summed E-state index contributed by atoms with van der Waals surface area (Å²) >= 11 is 1.53. The van der Waals surface area contributed by atoms with Crippen molar-refractivity contribution in [2.75, 3.05) is 7.11 Å². The Morgan fingerprint density at radius 1 is 1.05 bits per heavy atom. The standard InChI is InChI=1S/C16H12O2S/c1-18-15-7-6-14(12-4-2-3-5-13(12)15)16(17)11-8-9-19-10-11/h2-10H,1H3. The predicted molar refractivity (Wildman–Crippen MR) is 78.3 cm³/mol. The summed E-state index contributed by atoms with van der Waals surface area (Å²) in [4.78, 5) is 12.5. The molecule has 0 aliphatic carbocycles. The maximum absolute atomic E-state index is 12.5. The van der Waals surface area contributed by atoms with Crippen LogP contribution in [0.4, 0.5) is 0 Å². The van der Waals surface area contributed by atoms with Crippen molar-refractivity contribution in [3.8, 4) is 5.75 Å². The van der Waals surface area contributed by atoms with Gasteiger partial charge in [0.05, 0.1) is 7.11 Å². The number of ketones is 1. The van der Waals surface area contributed by atoms with Crippen LogP contribution in [0.2, 0.25) is 0 Å². The molecule has 0 saturated heterocycles. The lowest BCUT2D eigenvalue weighted by molar-refractivity contribution is 0.104. The van der Waals surface area contributed by atoms with Gasteiger partial charge >= 0.3 is 0 Å². The monoisotopic (exact) mass is 268 g/mol. The van der Waals surface area contributed by atoms with Gasteiger partial charge in [0.1, 0.15) is 5.75 Å². The summed E-state index contributed by atoms with van der Waals surface area (Å²) in [6.45, 7) is 0. The Labute approximate surface area is 115 Å². The highest BCUT2D eigenvalue weighted by atomic mass is 32.1. The molecule has 0 aliphatic heterocycles. The number of carbonyl (C=O) groups excluding carboxylic acids is 1. The van der Waals surface area contributed by atoms with Crippen LogP contribution >= 0.6 is 11.3 Å². The molecule has 0 bridgehead atoms. The predicted octanol–water partition coefficient (Wildman–Crippen LogP) is 4.14. The first-order chi connectivity index (χ1) is 9.31. The van der Waals surface area contributed by atoms with E-state index in [4.69, 9.17) is 4.74 Å². The molecule has 1 heterocycles. The summed E-state index contributed by atoms with van der Waals surface area (Å²) < 4.78 is 5.34. The first-order valence-corrected chi connectivity index (χ1v) is 6.88. The van der Waals surface area contributed by atoms with Gasteiger partial charge in [-0.15, -0.1) is 0 Å². The van der Waals surface area contributed by atoms with Crippen LogP contribution in [0.1, 0.15) is 15.9 Å². The average Bonchev–Trinajstić information content (AvgIpc) is 2.99. The molecule has 0 unspecified atom stereocenters. The zero-order valence-electron chi connectivity index (χ0n) is 10.4. The normalized spacial score (nSPS) is 10.6. The lowest BCUT2D eigenvalue weighted by atomic mass is 9.98. The molecule has 0 radical (unpaired) electrons. The zero-order chi connectivity index (χ0) is 13.2. The van der Waals surface area contributed by atoms with Crippen molar-refractivity contribution in [1.82, 2.24) is 0 Å². The Kier molecular flexibility index (Phi) is 3.05. The first kappa shape index (κ1) is 11.9. The second-order valence-electron chi connectivity index (χ2n) is 4.20. The van der Waals surface area contributed by atoms with Gasteiger partial charge in [0.2, 0.25) is 0 Å². The van der Waals surface area contributed by atoms with E-state index < -0.39 is 0 Å². The molecular weight excluding hydrogens is 256 g/mol. The molecule has 1 aromatic heterocycles. The molecule has 0 fully saturated rings. The Balaban J connectivity index is 2.23. The number of methoxy groups -OCH3 is 1. The van der Waals surface area contributed by atoms with Gasteiger partial charge in [-0.05, 0) is 29.0 Å². The molecule has 0 aliphatic rings. The molecule has 3 aromatic rings. The van der Waals surface area contributed by atoms with Crippen molar-refractivity contribution in [3.05, 3.63) is 64.4 Å². The van der Waals surface area contributed by atoms with Crippen LogP contribution in [0.25, 0.3) is 10.8 Å². The maximum atomic E-state index is 12.5. The highest BCUT2D eigenvalue weighted by Crippen LogP contribution is 2.29. The largest absolute Gasteiger partial charge is 0.496 e. The van der Waals surface area contributed by atoms with Crippen LogP contribution in [0.5, 0.6) is 5.75 Å². The van der Waals surface area contributed by atoms with Crippen molar-refractivity contribution < 1.29 is 9.53 Å². The number of carbonyl (C=O) groups is 1. The number of thiophene rings is 1. The molecule has 0 spiro atoms. The second-order valence-corrected chi connectivity index (χ2v) is 4.98. The van der Waals surface area contributed by atoms with Gasteiger partial charge in [-0.2, -0.15) is 11.3 Å². The fourth-order valence-corrected chi connectivity index (χ4v) is 2.83. The number of rotatable bonds is 3. The molecule has 0 saturated carbocycles. The van der Waals surface area contributed by atoms with Crippen LogP contribution in [-0.2, 0) is 0 Å². The van der Waals surface area contributed by atoms with E-state index in [1.807, 2.05) is 53.2 Å². The minimum absolute atomic E-state index is 0.0557. The molecule has 0 atom stereocenters. The molecule has 2 aromatic carbocycles. The molecule has 2 nitrogen and oxygen atoms in total. The van der Waals surface area contributed by atoms with Crippen molar-refractivity contribution in [3.63, 3.8) is 0 Å². The second kappa shape index (κ2) is 4.86. The molecule has 3 rings (SSSR count). The number of hydrogen-bond acceptors (Lipinski definition) is 3. The third-order valence-corrected chi connectivity index (χ3v) is 3.82. The number of benzene rings is 2. The van der Waals surface area contributed by atoms with E-state index in [1.54, 1.807) is 7.11 Å². The lowest BCUT2D eigenvalue weighted by Crippen LogP contribution is -2.01. The Hall–Kier alpha value is -2.13. The van der Waals surface area contributed by atoms with Gasteiger partial charge in [-0.25, -0.2) is 0 Å². The fourth-order valence-electron chi connectivity index (χ4n) is 2.20. The molecule has 19 heavy (non-hydrogen) atoms. The van der Waals surface area contributed by atoms with Crippen LogP contribution < -0.4 is 4.74 Å². The third-order valence-electron chi connectivity index (χ3n) is 3.13. The number of hydrogen-bond donors (Lipinski definition) is 0. The smallest absolute Gasteiger partial charge is 0.194 e. The maximum Gasteiger partial charge on any atom is 0.194 e. The summed E-state index contributed by atoms with van der Waals surface area (Å²) in [7, 11) is 1.64.